The average Bonchev–Trinajstić information content (AvgIpc) is 2.63. The van der Waals surface area contributed by atoms with Gasteiger partial charge in [-0.3, -0.25) is 9.82 Å². The summed E-state index contributed by atoms with van der Waals surface area (Å²) in [7, 11) is -3.25. The van der Waals surface area contributed by atoms with Crippen LogP contribution in [-0.4, -0.2) is 24.9 Å². The predicted molar refractivity (Wildman–Crippen MR) is 66.9 cm³/mol. The molecule has 0 saturated carbocycles. The van der Waals surface area contributed by atoms with Gasteiger partial charge in [-0.2, -0.15) is 5.10 Å². The van der Waals surface area contributed by atoms with Gasteiger partial charge in [0.05, 0.1) is 12.5 Å². The second-order valence-corrected chi connectivity index (χ2v) is 5.40. The van der Waals surface area contributed by atoms with E-state index in [9.17, 15) is 8.42 Å². The van der Waals surface area contributed by atoms with Crippen molar-refractivity contribution in [2.45, 2.75) is 0 Å². The minimum absolute atomic E-state index is 0.480. The highest BCUT2D eigenvalue weighted by atomic mass is 32.2. The van der Waals surface area contributed by atoms with Crippen LogP contribution in [0.15, 0.2) is 30.5 Å². The molecule has 0 radical (unpaired) electrons. The van der Waals surface area contributed by atoms with Crippen LogP contribution < -0.4 is 10.5 Å². The molecule has 0 amide bonds. The molecule has 1 heterocycles. The van der Waals surface area contributed by atoms with Gasteiger partial charge >= 0.3 is 0 Å². The van der Waals surface area contributed by atoms with Gasteiger partial charge in [-0.25, -0.2) is 8.42 Å². The van der Waals surface area contributed by atoms with Gasteiger partial charge in [-0.15, -0.1) is 0 Å². The highest BCUT2D eigenvalue weighted by Gasteiger charge is 2.05. The summed E-state index contributed by atoms with van der Waals surface area (Å²) in [6.07, 6.45) is 2.73. The number of nitrogens with one attached hydrogen (secondary N) is 2. The molecule has 0 aliphatic rings. The van der Waals surface area contributed by atoms with Gasteiger partial charge in [0, 0.05) is 11.3 Å². The first-order valence-electron chi connectivity index (χ1n) is 4.83. The molecule has 0 aliphatic carbocycles. The Bertz CT molecular complexity index is 616. The zero-order valence-electron chi connectivity index (χ0n) is 9.14. The van der Waals surface area contributed by atoms with Gasteiger partial charge in [-0.05, 0) is 17.7 Å². The van der Waals surface area contributed by atoms with E-state index >= 15 is 0 Å². The largest absolute Gasteiger partial charge is 0.384 e. The Labute approximate surface area is 98.9 Å². The van der Waals surface area contributed by atoms with Crippen LogP contribution in [-0.2, 0) is 10.0 Å². The molecule has 2 rings (SSSR count). The maximum absolute atomic E-state index is 11.0. The first-order chi connectivity index (χ1) is 7.96. The lowest BCUT2D eigenvalue weighted by molar-refractivity contribution is 0.607. The summed E-state index contributed by atoms with van der Waals surface area (Å²) in [5, 5.41) is 6.45. The maximum atomic E-state index is 11.0. The number of aromatic amines is 1. The number of nitrogens with two attached hydrogens (primary N) is 1. The van der Waals surface area contributed by atoms with Crippen molar-refractivity contribution in [2.75, 3.05) is 16.7 Å². The third kappa shape index (κ3) is 2.76. The molecule has 2 aromatic rings. The lowest BCUT2D eigenvalue weighted by Gasteiger charge is -2.04. The zero-order chi connectivity index (χ0) is 12.5. The summed E-state index contributed by atoms with van der Waals surface area (Å²) in [5.74, 6) is 0.480. The molecule has 0 saturated heterocycles. The third-order valence-corrected chi connectivity index (χ3v) is 2.77. The highest BCUT2D eigenvalue weighted by Crippen LogP contribution is 2.24. The van der Waals surface area contributed by atoms with E-state index in [-0.39, 0.29) is 0 Å². The second kappa shape index (κ2) is 4.10. The Balaban J connectivity index is 2.28. The van der Waals surface area contributed by atoms with Crippen molar-refractivity contribution in [3.05, 3.63) is 30.5 Å². The number of nitrogen functional groups attached to an aromatic ring is 1. The van der Waals surface area contributed by atoms with Crippen molar-refractivity contribution in [1.82, 2.24) is 10.2 Å². The molecule has 0 fully saturated rings. The Morgan fingerprint density at radius 1 is 1.29 bits per heavy atom. The fourth-order valence-corrected chi connectivity index (χ4v) is 2.02. The Kier molecular flexibility index (Phi) is 2.76. The predicted octanol–water partition coefficient (Wildman–Crippen LogP) is 1.03. The van der Waals surface area contributed by atoms with E-state index in [1.807, 2.05) is 0 Å². The van der Waals surface area contributed by atoms with Crippen molar-refractivity contribution in [1.29, 1.82) is 0 Å². The summed E-state index contributed by atoms with van der Waals surface area (Å²) >= 11 is 0. The van der Waals surface area contributed by atoms with Crippen molar-refractivity contribution >= 4 is 21.5 Å². The van der Waals surface area contributed by atoms with Crippen molar-refractivity contribution in [2.24, 2.45) is 0 Å². The van der Waals surface area contributed by atoms with Crippen LogP contribution in [0.5, 0.6) is 0 Å². The number of rotatable bonds is 3. The fraction of sp³-hybridized carbons (Fsp3) is 0.100. The molecule has 1 aromatic carbocycles. The summed E-state index contributed by atoms with van der Waals surface area (Å²) < 4.78 is 24.4. The van der Waals surface area contributed by atoms with E-state index in [4.69, 9.17) is 5.73 Å². The van der Waals surface area contributed by atoms with Crippen LogP contribution >= 0.6 is 0 Å². The number of hydrogen-bond acceptors (Lipinski definition) is 4. The van der Waals surface area contributed by atoms with E-state index in [0.717, 1.165) is 17.4 Å². The van der Waals surface area contributed by atoms with Crippen molar-refractivity contribution in [3.63, 3.8) is 0 Å². The number of aromatic nitrogens is 2. The zero-order valence-corrected chi connectivity index (χ0v) is 9.95. The van der Waals surface area contributed by atoms with Gasteiger partial charge in [-0.1, -0.05) is 12.1 Å². The molecular weight excluding hydrogens is 240 g/mol. The van der Waals surface area contributed by atoms with Gasteiger partial charge < -0.3 is 5.73 Å². The molecule has 0 bridgehead atoms. The molecular formula is C10H12N4O2S. The monoisotopic (exact) mass is 252 g/mol. The molecule has 7 heteroatoms. The van der Waals surface area contributed by atoms with E-state index in [0.29, 0.717) is 11.5 Å². The van der Waals surface area contributed by atoms with Crippen LogP contribution in [0.25, 0.3) is 11.1 Å². The van der Waals surface area contributed by atoms with E-state index in [1.165, 1.54) is 0 Å². The van der Waals surface area contributed by atoms with Crippen LogP contribution in [0.2, 0.25) is 0 Å². The molecule has 90 valence electrons. The molecule has 17 heavy (non-hydrogen) atoms. The molecule has 6 nitrogen and oxygen atoms in total. The normalized spacial score (nSPS) is 11.4. The average molecular weight is 252 g/mol. The second-order valence-electron chi connectivity index (χ2n) is 3.65. The molecule has 4 N–H and O–H groups in total. The quantitative estimate of drug-likeness (QED) is 0.759. The van der Waals surface area contributed by atoms with Gasteiger partial charge in [0.15, 0.2) is 0 Å². The SMILES string of the molecule is CS(=O)(=O)Nc1ccc(-c2cn[nH]c2N)cc1. The molecule has 1 aromatic heterocycles. The smallest absolute Gasteiger partial charge is 0.229 e. The number of anilines is 2. The number of nitrogens with zero attached hydrogens (tertiary/aromatic N) is 1. The van der Waals surface area contributed by atoms with Crippen molar-refractivity contribution in [3.8, 4) is 11.1 Å². The summed E-state index contributed by atoms with van der Waals surface area (Å²) in [6.45, 7) is 0. The van der Waals surface area contributed by atoms with Gasteiger partial charge in [0.25, 0.3) is 0 Å². The Hall–Kier alpha value is -2.02. The maximum Gasteiger partial charge on any atom is 0.229 e. The minimum Gasteiger partial charge on any atom is -0.384 e. The molecule has 0 spiro atoms. The third-order valence-electron chi connectivity index (χ3n) is 2.17. The first kappa shape index (κ1) is 11.5. The lowest BCUT2D eigenvalue weighted by atomic mass is 10.1. The number of sulfonamides is 1. The molecule has 0 aliphatic heterocycles. The van der Waals surface area contributed by atoms with Crippen molar-refractivity contribution < 1.29 is 8.42 Å². The molecule has 0 unspecified atom stereocenters. The van der Waals surface area contributed by atoms with Crippen LogP contribution in [0.3, 0.4) is 0 Å². The van der Waals surface area contributed by atoms with Crippen LogP contribution in [0, 0.1) is 0 Å². The lowest BCUT2D eigenvalue weighted by Crippen LogP contribution is -2.09. The van der Waals surface area contributed by atoms with E-state index < -0.39 is 10.0 Å². The Morgan fingerprint density at radius 3 is 2.41 bits per heavy atom. The first-order valence-corrected chi connectivity index (χ1v) is 6.72. The fourth-order valence-electron chi connectivity index (χ4n) is 1.46. The van der Waals surface area contributed by atoms with E-state index in [2.05, 4.69) is 14.9 Å². The van der Waals surface area contributed by atoms with E-state index in [1.54, 1.807) is 30.5 Å². The molecule has 0 atom stereocenters. The topological polar surface area (TPSA) is 101 Å². The summed E-state index contributed by atoms with van der Waals surface area (Å²) in [6, 6.07) is 6.88. The number of H-pyrrole nitrogens is 1. The minimum atomic E-state index is -3.25. The van der Waals surface area contributed by atoms with Crippen LogP contribution in [0.1, 0.15) is 0 Å². The van der Waals surface area contributed by atoms with Gasteiger partial charge in [0.1, 0.15) is 5.82 Å². The number of benzene rings is 1. The summed E-state index contributed by atoms with van der Waals surface area (Å²) in [4.78, 5) is 0. The highest BCUT2D eigenvalue weighted by molar-refractivity contribution is 7.92. The number of hydrogen-bond donors (Lipinski definition) is 3. The summed E-state index contributed by atoms with van der Waals surface area (Å²) in [5.41, 5.74) is 7.85. The van der Waals surface area contributed by atoms with Crippen LogP contribution in [0.4, 0.5) is 11.5 Å². The van der Waals surface area contributed by atoms with Gasteiger partial charge in [0.2, 0.25) is 10.0 Å². The Morgan fingerprint density at radius 2 is 1.94 bits per heavy atom. The standard InChI is InChI=1S/C10H12N4O2S/c1-17(15,16)14-8-4-2-7(3-5-8)9-6-12-13-10(9)11/h2-6,14H,1H3,(H3,11,12,13).